The van der Waals surface area contributed by atoms with Crippen LogP contribution in [0.25, 0.3) is 10.1 Å². The highest BCUT2D eigenvalue weighted by atomic mass is 79.9. The zero-order chi connectivity index (χ0) is 9.42. The average Bonchev–Trinajstić information content (AvgIpc) is 2.44. The lowest BCUT2D eigenvalue weighted by Gasteiger charge is -1.91. The van der Waals surface area contributed by atoms with Gasteiger partial charge in [-0.2, -0.15) is 0 Å². The number of benzene rings is 1. The van der Waals surface area contributed by atoms with Crippen LogP contribution in [0.5, 0.6) is 5.75 Å². The van der Waals surface area contributed by atoms with E-state index in [1.165, 1.54) is 23.5 Å². The van der Waals surface area contributed by atoms with Crippen molar-refractivity contribution < 1.29 is 9.50 Å². The van der Waals surface area contributed by atoms with Crippen molar-refractivity contribution in [3.8, 4) is 5.75 Å². The summed E-state index contributed by atoms with van der Waals surface area (Å²) < 4.78 is 13.7. The van der Waals surface area contributed by atoms with Gasteiger partial charge in [-0.3, -0.25) is 0 Å². The second kappa shape index (κ2) is 3.27. The van der Waals surface area contributed by atoms with Crippen molar-refractivity contribution in [1.29, 1.82) is 0 Å². The molecule has 0 aliphatic heterocycles. The van der Waals surface area contributed by atoms with Crippen molar-refractivity contribution in [1.82, 2.24) is 0 Å². The molecule has 0 bridgehead atoms. The summed E-state index contributed by atoms with van der Waals surface area (Å²) in [5.74, 6) is -0.127. The summed E-state index contributed by atoms with van der Waals surface area (Å²) in [5.41, 5.74) is 0. The molecular formula is C9H6BrFOS. The van der Waals surface area contributed by atoms with Gasteiger partial charge in [0.05, 0.1) is 4.88 Å². The van der Waals surface area contributed by atoms with Crippen molar-refractivity contribution >= 4 is 37.4 Å². The molecule has 0 radical (unpaired) electrons. The van der Waals surface area contributed by atoms with E-state index in [4.69, 9.17) is 0 Å². The molecule has 13 heavy (non-hydrogen) atoms. The molecule has 1 aromatic heterocycles. The quantitative estimate of drug-likeness (QED) is 0.777. The van der Waals surface area contributed by atoms with E-state index in [1.807, 2.05) is 0 Å². The number of halogens is 2. The van der Waals surface area contributed by atoms with Crippen LogP contribution in [0.1, 0.15) is 4.88 Å². The van der Waals surface area contributed by atoms with Crippen molar-refractivity contribution in [3.05, 3.63) is 28.9 Å². The number of hydrogen-bond donors (Lipinski definition) is 1. The maximum Gasteiger partial charge on any atom is 0.138 e. The van der Waals surface area contributed by atoms with Gasteiger partial charge in [-0.05, 0) is 18.2 Å². The van der Waals surface area contributed by atoms with E-state index >= 15 is 0 Å². The van der Waals surface area contributed by atoms with E-state index in [2.05, 4.69) is 15.9 Å². The zero-order valence-electron chi connectivity index (χ0n) is 6.55. The Morgan fingerprint density at radius 3 is 2.92 bits per heavy atom. The molecule has 0 fully saturated rings. The van der Waals surface area contributed by atoms with Crippen molar-refractivity contribution in [2.75, 3.05) is 0 Å². The Kier molecular flexibility index (Phi) is 2.26. The number of fused-ring (bicyclic) bond motifs is 1. The largest absolute Gasteiger partial charge is 0.506 e. The molecule has 0 saturated heterocycles. The van der Waals surface area contributed by atoms with Gasteiger partial charge in [-0.15, -0.1) is 11.3 Å². The minimum Gasteiger partial charge on any atom is -0.506 e. The van der Waals surface area contributed by atoms with Gasteiger partial charge in [-0.1, -0.05) is 15.9 Å². The molecule has 1 N–H and O–H groups in total. The fraction of sp³-hybridized carbons (Fsp3) is 0.111. The van der Waals surface area contributed by atoms with Crippen molar-refractivity contribution in [2.24, 2.45) is 0 Å². The van der Waals surface area contributed by atoms with Crippen LogP contribution in [0.4, 0.5) is 4.39 Å². The third kappa shape index (κ3) is 1.44. The van der Waals surface area contributed by atoms with Crippen LogP contribution in [0.15, 0.2) is 18.2 Å². The van der Waals surface area contributed by atoms with E-state index in [1.54, 1.807) is 6.07 Å². The molecule has 0 saturated carbocycles. The van der Waals surface area contributed by atoms with E-state index in [9.17, 15) is 9.50 Å². The maximum absolute atomic E-state index is 12.8. The summed E-state index contributed by atoms with van der Waals surface area (Å²) in [6.07, 6.45) is 0. The van der Waals surface area contributed by atoms with Gasteiger partial charge in [0.2, 0.25) is 0 Å². The van der Waals surface area contributed by atoms with Crippen LogP contribution in [-0.2, 0) is 5.33 Å². The number of rotatable bonds is 1. The van der Waals surface area contributed by atoms with Crippen LogP contribution >= 0.6 is 27.3 Å². The molecule has 4 heteroatoms. The van der Waals surface area contributed by atoms with Gasteiger partial charge in [0.15, 0.2) is 0 Å². The average molecular weight is 261 g/mol. The first-order valence-corrected chi connectivity index (χ1v) is 5.62. The molecule has 2 rings (SSSR count). The van der Waals surface area contributed by atoms with Gasteiger partial charge < -0.3 is 5.11 Å². The second-order valence-electron chi connectivity index (χ2n) is 2.65. The third-order valence-electron chi connectivity index (χ3n) is 1.82. The van der Waals surface area contributed by atoms with Crippen LogP contribution in [0, 0.1) is 5.82 Å². The summed E-state index contributed by atoms with van der Waals surface area (Å²) in [4.78, 5) is 0.834. The van der Waals surface area contributed by atoms with Crippen LogP contribution < -0.4 is 0 Å². The van der Waals surface area contributed by atoms with Crippen molar-refractivity contribution in [2.45, 2.75) is 5.33 Å². The van der Waals surface area contributed by atoms with E-state index in [0.717, 1.165) is 9.58 Å². The Bertz CT molecular complexity index is 452. The lowest BCUT2D eigenvalue weighted by molar-refractivity contribution is 0.479. The number of hydrogen-bond acceptors (Lipinski definition) is 2. The first-order valence-electron chi connectivity index (χ1n) is 3.68. The van der Waals surface area contributed by atoms with Crippen molar-refractivity contribution in [3.63, 3.8) is 0 Å². The lowest BCUT2D eigenvalue weighted by atomic mass is 10.2. The van der Waals surface area contributed by atoms with Gasteiger partial charge in [0, 0.05) is 15.4 Å². The Labute approximate surface area is 86.9 Å². The lowest BCUT2D eigenvalue weighted by Crippen LogP contribution is -1.71. The standard InChI is InChI=1S/C9H6BrFOS/c10-4-8-9(12)6-3-5(11)1-2-7(6)13-8/h1-3,12H,4H2. The van der Waals surface area contributed by atoms with E-state index in [-0.39, 0.29) is 11.6 Å². The predicted octanol–water partition coefficient (Wildman–Crippen LogP) is 3.64. The molecule has 0 aliphatic carbocycles. The highest BCUT2D eigenvalue weighted by Crippen LogP contribution is 2.38. The Balaban J connectivity index is 2.77. The molecule has 0 spiro atoms. The highest BCUT2D eigenvalue weighted by molar-refractivity contribution is 9.08. The molecule has 2 aromatic rings. The van der Waals surface area contributed by atoms with Gasteiger partial charge in [0.1, 0.15) is 11.6 Å². The van der Waals surface area contributed by atoms with Crippen LogP contribution in [0.3, 0.4) is 0 Å². The predicted molar refractivity (Wildman–Crippen MR) is 56.1 cm³/mol. The molecule has 1 heterocycles. The first kappa shape index (κ1) is 8.97. The number of aromatic hydroxyl groups is 1. The van der Waals surface area contributed by atoms with E-state index < -0.39 is 0 Å². The Morgan fingerprint density at radius 1 is 1.46 bits per heavy atom. The number of thiophene rings is 1. The minimum atomic E-state index is -0.318. The maximum atomic E-state index is 12.8. The fourth-order valence-corrected chi connectivity index (χ4v) is 2.74. The van der Waals surface area contributed by atoms with E-state index in [0.29, 0.717) is 10.7 Å². The third-order valence-corrected chi connectivity index (χ3v) is 3.91. The summed E-state index contributed by atoms with van der Waals surface area (Å²) in [6.45, 7) is 0. The fourth-order valence-electron chi connectivity index (χ4n) is 1.20. The second-order valence-corrected chi connectivity index (χ2v) is 4.35. The molecule has 0 unspecified atom stereocenters. The molecule has 1 nitrogen and oxygen atoms in total. The van der Waals surface area contributed by atoms with Gasteiger partial charge in [-0.25, -0.2) is 4.39 Å². The van der Waals surface area contributed by atoms with Crippen LogP contribution in [0.2, 0.25) is 0 Å². The first-order chi connectivity index (χ1) is 6.22. The Morgan fingerprint density at radius 2 is 2.23 bits per heavy atom. The molecule has 0 aliphatic rings. The van der Waals surface area contributed by atoms with Crippen LogP contribution in [-0.4, -0.2) is 5.11 Å². The molecular weight excluding hydrogens is 255 g/mol. The molecule has 0 amide bonds. The molecule has 68 valence electrons. The normalized spacial score (nSPS) is 10.9. The van der Waals surface area contributed by atoms with Gasteiger partial charge >= 0.3 is 0 Å². The Hall–Kier alpha value is -0.610. The smallest absolute Gasteiger partial charge is 0.138 e. The summed E-state index contributed by atoms with van der Waals surface area (Å²) in [7, 11) is 0. The topological polar surface area (TPSA) is 20.2 Å². The molecule has 0 atom stereocenters. The van der Waals surface area contributed by atoms with Gasteiger partial charge in [0.25, 0.3) is 0 Å². The summed E-state index contributed by atoms with van der Waals surface area (Å²) >= 11 is 4.73. The molecule has 1 aromatic carbocycles. The SMILES string of the molecule is Oc1c(CBr)sc2ccc(F)cc12. The summed E-state index contributed by atoms with van der Waals surface area (Å²) in [5, 5.41) is 10.8. The minimum absolute atomic E-state index is 0.191. The zero-order valence-corrected chi connectivity index (χ0v) is 8.95. The monoisotopic (exact) mass is 260 g/mol. The number of alkyl halides is 1. The summed E-state index contributed by atoms with van der Waals surface area (Å²) in [6, 6.07) is 4.44. The highest BCUT2D eigenvalue weighted by Gasteiger charge is 2.10.